The summed E-state index contributed by atoms with van der Waals surface area (Å²) < 4.78 is 24.3. The second-order valence-electron chi connectivity index (χ2n) is 4.02. The lowest BCUT2D eigenvalue weighted by molar-refractivity contribution is 0.419. The zero-order chi connectivity index (χ0) is 10.1. The molecule has 0 atom stereocenters. The molecular weight excluding hydrogens is 206 g/mol. The molecule has 13 heavy (non-hydrogen) atoms. The SMILES string of the molecule is CC1(C)CCN(S(C)(=O)=O)CCS1. The maximum atomic E-state index is 11.3. The van der Waals surface area contributed by atoms with Gasteiger partial charge in [0.2, 0.25) is 10.0 Å². The van der Waals surface area contributed by atoms with Gasteiger partial charge < -0.3 is 0 Å². The second kappa shape index (κ2) is 3.79. The van der Waals surface area contributed by atoms with Gasteiger partial charge in [-0.1, -0.05) is 13.8 Å². The minimum atomic E-state index is -2.98. The Bertz CT molecular complexity index is 272. The summed E-state index contributed by atoms with van der Waals surface area (Å²) in [5.41, 5.74) is 0. The van der Waals surface area contributed by atoms with Gasteiger partial charge in [0.25, 0.3) is 0 Å². The average Bonchev–Trinajstić information content (AvgIpc) is 2.08. The van der Waals surface area contributed by atoms with Crippen molar-refractivity contribution in [2.24, 2.45) is 0 Å². The second-order valence-corrected chi connectivity index (χ2v) is 7.80. The van der Waals surface area contributed by atoms with Crippen LogP contribution in [0, 0.1) is 0 Å². The number of sulfonamides is 1. The highest BCUT2D eigenvalue weighted by Gasteiger charge is 2.27. The first-order valence-corrected chi connectivity index (χ1v) is 7.24. The van der Waals surface area contributed by atoms with Crippen LogP contribution < -0.4 is 0 Å². The minimum absolute atomic E-state index is 0.222. The molecule has 1 fully saturated rings. The molecule has 1 heterocycles. The van der Waals surface area contributed by atoms with E-state index in [0.717, 1.165) is 12.2 Å². The Kier molecular flexibility index (Phi) is 3.30. The molecule has 0 unspecified atom stereocenters. The fraction of sp³-hybridized carbons (Fsp3) is 1.00. The number of hydrogen-bond donors (Lipinski definition) is 0. The third-order valence-electron chi connectivity index (χ3n) is 2.27. The highest BCUT2D eigenvalue weighted by molar-refractivity contribution is 8.00. The number of hydrogen-bond acceptors (Lipinski definition) is 3. The van der Waals surface area contributed by atoms with Gasteiger partial charge in [0.05, 0.1) is 6.26 Å². The van der Waals surface area contributed by atoms with Crippen LogP contribution in [0.25, 0.3) is 0 Å². The lowest BCUT2D eigenvalue weighted by atomic mass is 10.1. The molecule has 0 bridgehead atoms. The Labute approximate surface area is 84.9 Å². The first kappa shape index (κ1) is 11.3. The van der Waals surface area contributed by atoms with Crippen molar-refractivity contribution in [2.45, 2.75) is 25.0 Å². The van der Waals surface area contributed by atoms with Crippen LogP contribution in [0.3, 0.4) is 0 Å². The summed E-state index contributed by atoms with van der Waals surface area (Å²) in [4.78, 5) is 0. The van der Waals surface area contributed by atoms with Crippen molar-refractivity contribution < 1.29 is 8.42 Å². The van der Waals surface area contributed by atoms with Crippen molar-refractivity contribution in [3.63, 3.8) is 0 Å². The van der Waals surface area contributed by atoms with Crippen molar-refractivity contribution in [1.29, 1.82) is 0 Å². The van der Waals surface area contributed by atoms with E-state index in [9.17, 15) is 8.42 Å². The Balaban J connectivity index is 2.66. The van der Waals surface area contributed by atoms with E-state index in [2.05, 4.69) is 13.8 Å². The van der Waals surface area contributed by atoms with Gasteiger partial charge in [0.1, 0.15) is 0 Å². The molecule has 0 aliphatic carbocycles. The summed E-state index contributed by atoms with van der Waals surface area (Å²) in [5.74, 6) is 0.903. The van der Waals surface area contributed by atoms with E-state index >= 15 is 0 Å². The van der Waals surface area contributed by atoms with E-state index < -0.39 is 10.0 Å². The van der Waals surface area contributed by atoms with Crippen LogP contribution in [0.15, 0.2) is 0 Å². The predicted octanol–water partition coefficient (Wildman–Crippen LogP) is 1.16. The van der Waals surface area contributed by atoms with E-state index in [1.807, 2.05) is 11.8 Å². The van der Waals surface area contributed by atoms with E-state index in [1.54, 1.807) is 4.31 Å². The third-order valence-corrected chi connectivity index (χ3v) is 4.94. The molecule has 78 valence electrons. The van der Waals surface area contributed by atoms with Crippen LogP contribution in [0.4, 0.5) is 0 Å². The molecule has 0 spiro atoms. The first-order valence-electron chi connectivity index (χ1n) is 4.40. The predicted molar refractivity (Wildman–Crippen MR) is 57.6 cm³/mol. The molecule has 1 aliphatic heterocycles. The molecular formula is C8H17NO2S2. The van der Waals surface area contributed by atoms with Gasteiger partial charge in [-0.2, -0.15) is 11.8 Å². The van der Waals surface area contributed by atoms with E-state index in [-0.39, 0.29) is 4.75 Å². The van der Waals surface area contributed by atoms with Crippen LogP contribution in [0.5, 0.6) is 0 Å². The third kappa shape index (κ3) is 3.48. The van der Waals surface area contributed by atoms with Crippen molar-refractivity contribution in [1.82, 2.24) is 4.31 Å². The molecule has 0 radical (unpaired) electrons. The molecule has 0 N–H and O–H groups in total. The van der Waals surface area contributed by atoms with Gasteiger partial charge in [-0.3, -0.25) is 0 Å². The molecule has 0 aromatic rings. The highest BCUT2D eigenvalue weighted by Crippen LogP contribution is 2.31. The largest absolute Gasteiger partial charge is 0.213 e. The number of thioether (sulfide) groups is 1. The van der Waals surface area contributed by atoms with Crippen LogP contribution in [-0.2, 0) is 10.0 Å². The van der Waals surface area contributed by atoms with Crippen LogP contribution in [0.1, 0.15) is 20.3 Å². The standard InChI is InChI=1S/C8H17NO2S2/c1-8(2)4-5-9(6-7-12-8)13(3,10)11/h4-7H2,1-3H3. The molecule has 3 nitrogen and oxygen atoms in total. The first-order chi connectivity index (χ1) is 5.81. The van der Waals surface area contributed by atoms with Gasteiger partial charge in [0, 0.05) is 23.6 Å². The molecule has 5 heteroatoms. The van der Waals surface area contributed by atoms with Crippen molar-refractivity contribution in [2.75, 3.05) is 25.1 Å². The van der Waals surface area contributed by atoms with Gasteiger partial charge in [-0.25, -0.2) is 12.7 Å². The van der Waals surface area contributed by atoms with Gasteiger partial charge in [-0.15, -0.1) is 0 Å². The summed E-state index contributed by atoms with van der Waals surface area (Å²) >= 11 is 1.85. The smallest absolute Gasteiger partial charge is 0.211 e. The Morgan fingerprint density at radius 1 is 1.31 bits per heavy atom. The number of rotatable bonds is 1. The zero-order valence-corrected chi connectivity index (χ0v) is 10.0. The molecule has 0 amide bonds. The van der Waals surface area contributed by atoms with E-state index in [1.165, 1.54) is 6.26 Å². The lowest BCUT2D eigenvalue weighted by Crippen LogP contribution is -2.32. The van der Waals surface area contributed by atoms with Crippen LogP contribution >= 0.6 is 11.8 Å². The van der Waals surface area contributed by atoms with Gasteiger partial charge >= 0.3 is 0 Å². The minimum Gasteiger partial charge on any atom is -0.213 e. The lowest BCUT2D eigenvalue weighted by Gasteiger charge is -2.21. The van der Waals surface area contributed by atoms with Crippen LogP contribution in [-0.4, -0.2) is 42.6 Å². The highest BCUT2D eigenvalue weighted by atomic mass is 32.2. The maximum absolute atomic E-state index is 11.3. The van der Waals surface area contributed by atoms with Crippen LogP contribution in [0.2, 0.25) is 0 Å². The van der Waals surface area contributed by atoms with E-state index in [0.29, 0.717) is 13.1 Å². The number of nitrogens with zero attached hydrogens (tertiary/aromatic N) is 1. The quantitative estimate of drug-likeness (QED) is 0.669. The molecule has 1 aliphatic rings. The molecule has 1 rings (SSSR count). The monoisotopic (exact) mass is 223 g/mol. The maximum Gasteiger partial charge on any atom is 0.211 e. The summed E-state index contributed by atoms with van der Waals surface area (Å²) in [6.45, 7) is 5.67. The fourth-order valence-electron chi connectivity index (χ4n) is 1.33. The zero-order valence-electron chi connectivity index (χ0n) is 8.41. The summed E-state index contributed by atoms with van der Waals surface area (Å²) in [7, 11) is -2.98. The molecule has 0 aromatic heterocycles. The Morgan fingerprint density at radius 3 is 2.46 bits per heavy atom. The summed E-state index contributed by atoms with van der Waals surface area (Å²) in [6, 6.07) is 0. The summed E-state index contributed by atoms with van der Waals surface area (Å²) in [6.07, 6.45) is 2.22. The summed E-state index contributed by atoms with van der Waals surface area (Å²) in [5, 5.41) is 0. The molecule has 1 saturated heterocycles. The molecule has 0 aromatic carbocycles. The fourth-order valence-corrected chi connectivity index (χ4v) is 3.39. The van der Waals surface area contributed by atoms with Gasteiger partial charge in [0.15, 0.2) is 0 Å². The molecule has 0 saturated carbocycles. The normalized spacial score (nSPS) is 25.5. The van der Waals surface area contributed by atoms with Gasteiger partial charge in [-0.05, 0) is 6.42 Å². The Morgan fingerprint density at radius 2 is 1.92 bits per heavy atom. The Hall–Kier alpha value is 0.260. The van der Waals surface area contributed by atoms with Crippen molar-refractivity contribution in [3.05, 3.63) is 0 Å². The van der Waals surface area contributed by atoms with Crippen molar-refractivity contribution in [3.8, 4) is 0 Å². The van der Waals surface area contributed by atoms with E-state index in [4.69, 9.17) is 0 Å². The van der Waals surface area contributed by atoms with Crippen molar-refractivity contribution >= 4 is 21.8 Å². The topological polar surface area (TPSA) is 37.4 Å². The average molecular weight is 223 g/mol.